The fourth-order valence-electron chi connectivity index (χ4n) is 3.74. The maximum atomic E-state index is 11.1. The molecule has 3 aromatic carbocycles. The summed E-state index contributed by atoms with van der Waals surface area (Å²) >= 11 is 0. The predicted octanol–water partition coefficient (Wildman–Crippen LogP) is 4.17. The van der Waals surface area contributed by atoms with Gasteiger partial charge in [-0.1, -0.05) is 24.3 Å². The molecule has 26 heavy (non-hydrogen) atoms. The lowest BCUT2D eigenvalue weighted by Crippen LogP contribution is -2.07. The van der Waals surface area contributed by atoms with Crippen molar-refractivity contribution in [2.75, 3.05) is 7.11 Å². The van der Waals surface area contributed by atoms with E-state index in [1.165, 1.54) is 0 Å². The van der Waals surface area contributed by atoms with Gasteiger partial charge in [0.1, 0.15) is 23.0 Å². The van der Waals surface area contributed by atoms with E-state index in [4.69, 9.17) is 4.74 Å². The molecule has 0 saturated heterocycles. The molecule has 0 heterocycles. The molecule has 0 fully saturated rings. The summed E-state index contributed by atoms with van der Waals surface area (Å²) in [6.07, 6.45) is 2.07. The van der Waals surface area contributed by atoms with Crippen LogP contribution in [0.3, 0.4) is 0 Å². The third-order valence-electron chi connectivity index (χ3n) is 5.03. The number of ether oxygens (including phenoxy) is 1. The molecule has 3 N–H and O–H groups in total. The number of benzene rings is 3. The minimum Gasteiger partial charge on any atom is -0.508 e. The Balaban J connectivity index is 1.89. The van der Waals surface area contributed by atoms with E-state index in [1.807, 2.05) is 30.3 Å². The van der Waals surface area contributed by atoms with Crippen LogP contribution in [0.1, 0.15) is 22.3 Å². The monoisotopic (exact) mass is 348 g/mol. The quantitative estimate of drug-likeness (QED) is 0.664. The van der Waals surface area contributed by atoms with Crippen molar-refractivity contribution in [3.8, 4) is 34.1 Å². The fourth-order valence-corrected chi connectivity index (χ4v) is 3.74. The van der Waals surface area contributed by atoms with Crippen LogP contribution in [0, 0.1) is 0 Å². The summed E-state index contributed by atoms with van der Waals surface area (Å²) in [5.41, 5.74) is 5.04. The Morgan fingerprint density at radius 1 is 0.885 bits per heavy atom. The molecule has 3 aromatic rings. The van der Waals surface area contributed by atoms with Crippen molar-refractivity contribution in [1.82, 2.24) is 0 Å². The van der Waals surface area contributed by atoms with E-state index < -0.39 is 0 Å². The first-order chi connectivity index (χ1) is 12.6. The molecule has 0 radical (unpaired) electrons. The van der Waals surface area contributed by atoms with E-state index in [0.717, 1.165) is 29.5 Å². The van der Waals surface area contributed by atoms with Crippen LogP contribution < -0.4 is 4.74 Å². The Kier molecular flexibility index (Phi) is 3.96. The fraction of sp³-hybridized carbons (Fsp3) is 0.182. The van der Waals surface area contributed by atoms with E-state index in [-0.39, 0.29) is 17.2 Å². The highest BCUT2D eigenvalue weighted by atomic mass is 16.5. The van der Waals surface area contributed by atoms with Crippen LogP contribution >= 0.6 is 0 Å². The summed E-state index contributed by atoms with van der Waals surface area (Å²) in [6.45, 7) is 0. The van der Waals surface area contributed by atoms with Gasteiger partial charge in [0.2, 0.25) is 0 Å². The third kappa shape index (κ3) is 2.64. The smallest absolute Gasteiger partial charge is 0.131 e. The van der Waals surface area contributed by atoms with E-state index in [9.17, 15) is 15.3 Å². The maximum absolute atomic E-state index is 11.1. The van der Waals surface area contributed by atoms with Crippen molar-refractivity contribution in [2.24, 2.45) is 0 Å². The second kappa shape index (κ2) is 6.30. The van der Waals surface area contributed by atoms with Gasteiger partial charge in [0, 0.05) is 23.1 Å². The van der Waals surface area contributed by atoms with Gasteiger partial charge >= 0.3 is 0 Å². The number of rotatable bonds is 3. The van der Waals surface area contributed by atoms with Gasteiger partial charge in [-0.15, -0.1) is 0 Å². The van der Waals surface area contributed by atoms with Crippen LogP contribution in [-0.4, -0.2) is 22.4 Å². The standard InChI is InChI=1S/C22H20O4/c1-26-19-12-15-8-7-14-3-2-4-18(24)20(14)21(15)22(25)17(19)11-13-5-9-16(23)10-6-13/h2-6,9-10,12,23-25H,7-8,11H2,1H3. The lowest BCUT2D eigenvalue weighted by atomic mass is 9.82. The van der Waals surface area contributed by atoms with E-state index >= 15 is 0 Å². The molecule has 132 valence electrons. The SMILES string of the molecule is COc1cc2c(c(O)c1Cc1ccc(O)cc1)-c1c(O)cccc1CC2. The molecule has 0 amide bonds. The first kappa shape index (κ1) is 16.3. The number of aryl methyl sites for hydroxylation is 2. The van der Waals surface area contributed by atoms with E-state index in [1.54, 1.807) is 25.3 Å². The van der Waals surface area contributed by atoms with Gasteiger partial charge < -0.3 is 20.1 Å². The lowest BCUT2D eigenvalue weighted by Gasteiger charge is -2.24. The molecule has 0 unspecified atom stereocenters. The van der Waals surface area contributed by atoms with Crippen molar-refractivity contribution in [3.63, 3.8) is 0 Å². The largest absolute Gasteiger partial charge is 0.508 e. The summed E-state index contributed by atoms with van der Waals surface area (Å²) in [5, 5.41) is 31.0. The Morgan fingerprint density at radius 3 is 2.35 bits per heavy atom. The van der Waals surface area contributed by atoms with Crippen LogP contribution in [0.25, 0.3) is 11.1 Å². The van der Waals surface area contributed by atoms with Crippen LogP contribution in [0.2, 0.25) is 0 Å². The molecule has 4 nitrogen and oxygen atoms in total. The van der Waals surface area contributed by atoms with Gasteiger partial charge in [-0.05, 0) is 53.8 Å². The average molecular weight is 348 g/mol. The van der Waals surface area contributed by atoms with Gasteiger partial charge in [-0.25, -0.2) is 0 Å². The Bertz CT molecular complexity index is 974. The molecular weight excluding hydrogens is 328 g/mol. The van der Waals surface area contributed by atoms with E-state index in [2.05, 4.69) is 0 Å². The maximum Gasteiger partial charge on any atom is 0.131 e. The van der Waals surface area contributed by atoms with Crippen LogP contribution in [0.15, 0.2) is 48.5 Å². The van der Waals surface area contributed by atoms with Crippen molar-refractivity contribution in [3.05, 3.63) is 70.8 Å². The van der Waals surface area contributed by atoms with Crippen LogP contribution in [0.4, 0.5) is 0 Å². The highest BCUT2D eigenvalue weighted by Gasteiger charge is 2.26. The number of methoxy groups -OCH3 is 1. The molecule has 0 spiro atoms. The van der Waals surface area contributed by atoms with Crippen molar-refractivity contribution < 1.29 is 20.1 Å². The molecule has 0 aromatic heterocycles. The first-order valence-electron chi connectivity index (χ1n) is 8.59. The molecule has 0 bridgehead atoms. The molecule has 4 rings (SSSR count). The average Bonchev–Trinajstić information content (AvgIpc) is 2.65. The van der Waals surface area contributed by atoms with E-state index in [0.29, 0.717) is 28.9 Å². The Labute approximate surface area is 151 Å². The van der Waals surface area contributed by atoms with Crippen molar-refractivity contribution in [2.45, 2.75) is 19.3 Å². The number of fused-ring (bicyclic) bond motifs is 3. The van der Waals surface area contributed by atoms with Crippen LogP contribution in [-0.2, 0) is 19.3 Å². The van der Waals surface area contributed by atoms with Crippen molar-refractivity contribution in [1.29, 1.82) is 0 Å². The minimum absolute atomic E-state index is 0.148. The minimum atomic E-state index is 0.148. The van der Waals surface area contributed by atoms with Gasteiger partial charge in [0.05, 0.1) is 7.11 Å². The molecule has 0 saturated carbocycles. The Morgan fingerprint density at radius 2 is 1.62 bits per heavy atom. The number of phenolic OH excluding ortho intramolecular Hbond substituents is 3. The summed E-state index contributed by atoms with van der Waals surface area (Å²) in [4.78, 5) is 0. The second-order valence-electron chi connectivity index (χ2n) is 6.59. The first-order valence-corrected chi connectivity index (χ1v) is 8.59. The molecule has 4 heteroatoms. The molecule has 1 aliphatic rings. The molecule has 0 atom stereocenters. The zero-order chi connectivity index (χ0) is 18.3. The third-order valence-corrected chi connectivity index (χ3v) is 5.03. The van der Waals surface area contributed by atoms with Gasteiger partial charge in [-0.3, -0.25) is 0 Å². The summed E-state index contributed by atoms with van der Waals surface area (Å²) in [7, 11) is 1.59. The summed E-state index contributed by atoms with van der Waals surface area (Å²) in [6, 6.07) is 14.3. The second-order valence-corrected chi connectivity index (χ2v) is 6.59. The molecule has 1 aliphatic carbocycles. The molecule has 0 aliphatic heterocycles. The topological polar surface area (TPSA) is 69.9 Å². The summed E-state index contributed by atoms with van der Waals surface area (Å²) < 4.78 is 5.53. The van der Waals surface area contributed by atoms with Crippen molar-refractivity contribution >= 4 is 0 Å². The number of phenols is 3. The molecular formula is C22H20O4. The van der Waals surface area contributed by atoms with Crippen LogP contribution in [0.5, 0.6) is 23.0 Å². The highest BCUT2D eigenvalue weighted by molar-refractivity contribution is 5.85. The number of aromatic hydroxyl groups is 3. The lowest BCUT2D eigenvalue weighted by molar-refractivity contribution is 0.400. The Hall–Kier alpha value is -3.14. The van der Waals surface area contributed by atoms with Gasteiger partial charge in [0.25, 0.3) is 0 Å². The van der Waals surface area contributed by atoms with Gasteiger partial charge in [0.15, 0.2) is 0 Å². The number of hydrogen-bond donors (Lipinski definition) is 3. The summed E-state index contributed by atoms with van der Waals surface area (Å²) in [5.74, 6) is 1.16. The normalized spacial score (nSPS) is 12.3. The zero-order valence-corrected chi connectivity index (χ0v) is 14.5. The predicted molar refractivity (Wildman–Crippen MR) is 100 cm³/mol. The zero-order valence-electron chi connectivity index (χ0n) is 14.5. The highest BCUT2D eigenvalue weighted by Crippen LogP contribution is 2.48. The number of hydrogen-bond acceptors (Lipinski definition) is 4. The van der Waals surface area contributed by atoms with Gasteiger partial charge in [-0.2, -0.15) is 0 Å².